The van der Waals surface area contributed by atoms with Crippen LogP contribution in [-0.4, -0.2) is 54.8 Å². The molecule has 190 valence electrons. The molecule has 3 amide bonds. The maximum atomic E-state index is 12.8. The maximum Gasteiger partial charge on any atom is 0.253 e. The van der Waals surface area contributed by atoms with Crippen molar-refractivity contribution in [1.82, 2.24) is 15.5 Å². The van der Waals surface area contributed by atoms with Crippen LogP contribution in [0, 0.1) is 11.8 Å². The quantitative estimate of drug-likeness (QED) is 0.407. The number of carbonyl (C=O) groups excluding carboxylic acids is 3. The monoisotopic (exact) mass is 472 g/mol. The first-order chi connectivity index (χ1) is 16.3. The van der Waals surface area contributed by atoms with Crippen LogP contribution in [0.25, 0.3) is 0 Å². The van der Waals surface area contributed by atoms with Gasteiger partial charge < -0.3 is 21.3 Å². The second kappa shape index (κ2) is 14.8. The Kier molecular flexibility index (Phi) is 12.1. The van der Waals surface area contributed by atoms with Crippen LogP contribution in [0.1, 0.15) is 92.9 Å². The summed E-state index contributed by atoms with van der Waals surface area (Å²) in [5, 5.41) is 5.93. The highest BCUT2D eigenvalue weighted by molar-refractivity contribution is 5.99. The van der Waals surface area contributed by atoms with Crippen LogP contribution in [0.2, 0.25) is 0 Å². The first-order valence-electron chi connectivity index (χ1n) is 13.1. The van der Waals surface area contributed by atoms with Crippen LogP contribution in [0.15, 0.2) is 24.3 Å². The molecular weight excluding hydrogens is 428 g/mol. The van der Waals surface area contributed by atoms with E-state index >= 15 is 0 Å². The number of benzene rings is 1. The number of hydrogen-bond donors (Lipinski definition) is 3. The molecule has 1 aliphatic rings. The van der Waals surface area contributed by atoms with E-state index in [2.05, 4.69) is 10.6 Å². The summed E-state index contributed by atoms with van der Waals surface area (Å²) in [6.07, 6.45) is 8.49. The van der Waals surface area contributed by atoms with E-state index in [1.54, 1.807) is 24.3 Å². The standard InChI is InChI=1S/C27H44N4O3/c1-4-14-31(15-5-2)27(34)23-13-9-12-22(17-23)26(33)30-19-24(28)16-20(3)25(32)29-18-21-10-7-6-8-11-21/h9,12-13,17,20-21,24H,4-8,10-11,14-16,18-19,28H2,1-3H3,(H,29,32)(H,30,33). The molecule has 0 heterocycles. The zero-order valence-corrected chi connectivity index (χ0v) is 21.3. The van der Waals surface area contributed by atoms with Gasteiger partial charge in [0.2, 0.25) is 5.91 Å². The number of hydrogen-bond acceptors (Lipinski definition) is 4. The van der Waals surface area contributed by atoms with Crippen molar-refractivity contribution >= 4 is 17.7 Å². The Balaban J connectivity index is 1.81. The summed E-state index contributed by atoms with van der Waals surface area (Å²) in [6, 6.07) is 6.49. The van der Waals surface area contributed by atoms with Gasteiger partial charge in [0.25, 0.3) is 11.8 Å². The minimum Gasteiger partial charge on any atom is -0.356 e. The molecule has 2 unspecified atom stereocenters. The predicted molar refractivity (Wildman–Crippen MR) is 137 cm³/mol. The number of rotatable bonds is 13. The summed E-state index contributed by atoms with van der Waals surface area (Å²) < 4.78 is 0. The summed E-state index contributed by atoms with van der Waals surface area (Å²) in [7, 11) is 0. The molecule has 0 aliphatic heterocycles. The molecule has 1 fully saturated rings. The van der Waals surface area contributed by atoms with E-state index in [-0.39, 0.29) is 36.2 Å². The number of carbonyl (C=O) groups is 3. The van der Waals surface area contributed by atoms with Crippen molar-refractivity contribution in [3.63, 3.8) is 0 Å². The van der Waals surface area contributed by atoms with E-state index in [0.717, 1.165) is 19.4 Å². The van der Waals surface area contributed by atoms with E-state index in [0.29, 0.717) is 36.6 Å². The van der Waals surface area contributed by atoms with Crippen molar-refractivity contribution < 1.29 is 14.4 Å². The first-order valence-corrected chi connectivity index (χ1v) is 13.1. The Morgan fingerprint density at radius 3 is 2.32 bits per heavy atom. The van der Waals surface area contributed by atoms with Crippen LogP contribution in [0.3, 0.4) is 0 Å². The lowest BCUT2D eigenvalue weighted by Gasteiger charge is -2.23. The van der Waals surface area contributed by atoms with E-state index in [9.17, 15) is 14.4 Å². The Bertz CT molecular complexity index is 786. The molecule has 1 aromatic carbocycles. The van der Waals surface area contributed by atoms with Crippen LogP contribution in [0.5, 0.6) is 0 Å². The Hall–Kier alpha value is -2.41. The van der Waals surface area contributed by atoms with Crippen LogP contribution >= 0.6 is 0 Å². The van der Waals surface area contributed by atoms with Crippen molar-refractivity contribution in [2.24, 2.45) is 17.6 Å². The maximum absolute atomic E-state index is 12.8. The zero-order valence-electron chi connectivity index (χ0n) is 21.3. The van der Waals surface area contributed by atoms with Gasteiger partial charge in [-0.2, -0.15) is 0 Å². The largest absolute Gasteiger partial charge is 0.356 e. The summed E-state index contributed by atoms with van der Waals surface area (Å²) in [5.74, 6) is 0.0958. The highest BCUT2D eigenvalue weighted by atomic mass is 16.2. The smallest absolute Gasteiger partial charge is 0.253 e. The fourth-order valence-electron chi connectivity index (χ4n) is 4.61. The SMILES string of the molecule is CCCN(CCC)C(=O)c1cccc(C(=O)NCC(N)CC(C)C(=O)NCC2CCCCC2)c1. The number of nitrogens with two attached hydrogens (primary N) is 1. The third kappa shape index (κ3) is 9.09. The molecule has 0 saturated heterocycles. The number of nitrogens with one attached hydrogen (secondary N) is 2. The van der Waals surface area contributed by atoms with Gasteiger partial charge in [-0.05, 0) is 56.2 Å². The fraction of sp³-hybridized carbons (Fsp3) is 0.667. The average Bonchev–Trinajstić information content (AvgIpc) is 2.85. The molecule has 0 radical (unpaired) electrons. The third-order valence-corrected chi connectivity index (χ3v) is 6.56. The Morgan fingerprint density at radius 2 is 1.68 bits per heavy atom. The van der Waals surface area contributed by atoms with Crippen LogP contribution in [-0.2, 0) is 4.79 Å². The van der Waals surface area contributed by atoms with Gasteiger partial charge in [-0.15, -0.1) is 0 Å². The molecule has 0 spiro atoms. The third-order valence-electron chi connectivity index (χ3n) is 6.56. The lowest BCUT2D eigenvalue weighted by Crippen LogP contribution is -2.41. The van der Waals surface area contributed by atoms with Crippen molar-refractivity contribution in [1.29, 1.82) is 0 Å². The molecule has 0 aromatic heterocycles. The van der Waals surface area contributed by atoms with Gasteiger partial charge in [0.15, 0.2) is 0 Å². The average molecular weight is 473 g/mol. The molecule has 4 N–H and O–H groups in total. The molecule has 7 nitrogen and oxygen atoms in total. The summed E-state index contributed by atoms with van der Waals surface area (Å²) in [6.45, 7) is 8.39. The Morgan fingerprint density at radius 1 is 1.03 bits per heavy atom. The second-order valence-electron chi connectivity index (χ2n) is 9.73. The summed E-state index contributed by atoms with van der Waals surface area (Å²) >= 11 is 0. The molecule has 1 aliphatic carbocycles. The normalized spacial score (nSPS) is 15.9. The van der Waals surface area contributed by atoms with Crippen LogP contribution in [0.4, 0.5) is 0 Å². The molecule has 2 rings (SSSR count). The van der Waals surface area contributed by atoms with Crippen molar-refractivity contribution in [3.8, 4) is 0 Å². The predicted octanol–water partition coefficient (Wildman–Crippen LogP) is 3.73. The lowest BCUT2D eigenvalue weighted by molar-refractivity contribution is -0.125. The minimum absolute atomic E-state index is 0.0299. The van der Waals surface area contributed by atoms with Gasteiger partial charge in [0.05, 0.1) is 0 Å². The van der Waals surface area contributed by atoms with E-state index in [1.165, 1.54) is 32.1 Å². The molecular formula is C27H44N4O3. The summed E-state index contributed by atoms with van der Waals surface area (Å²) in [4.78, 5) is 39.8. The van der Waals surface area contributed by atoms with Gasteiger partial charge in [-0.1, -0.05) is 46.1 Å². The lowest BCUT2D eigenvalue weighted by atomic mass is 9.89. The molecule has 0 bridgehead atoms. The molecule has 7 heteroatoms. The number of nitrogens with zero attached hydrogens (tertiary/aromatic N) is 1. The van der Waals surface area contributed by atoms with Gasteiger partial charge in [-0.25, -0.2) is 0 Å². The van der Waals surface area contributed by atoms with E-state index in [4.69, 9.17) is 5.73 Å². The molecule has 2 atom stereocenters. The molecule has 34 heavy (non-hydrogen) atoms. The second-order valence-corrected chi connectivity index (χ2v) is 9.73. The van der Waals surface area contributed by atoms with Gasteiger partial charge in [0.1, 0.15) is 0 Å². The zero-order chi connectivity index (χ0) is 24.9. The fourth-order valence-corrected chi connectivity index (χ4v) is 4.61. The summed E-state index contributed by atoms with van der Waals surface area (Å²) in [5.41, 5.74) is 7.16. The minimum atomic E-state index is -0.325. The molecule has 1 saturated carbocycles. The van der Waals surface area contributed by atoms with Crippen molar-refractivity contribution in [3.05, 3.63) is 35.4 Å². The highest BCUT2D eigenvalue weighted by Crippen LogP contribution is 2.23. The van der Waals surface area contributed by atoms with Crippen LogP contribution < -0.4 is 16.4 Å². The first kappa shape index (κ1) is 27.8. The Labute approximate surface area is 205 Å². The number of amides is 3. The highest BCUT2D eigenvalue weighted by Gasteiger charge is 2.20. The van der Waals surface area contributed by atoms with Crippen molar-refractivity contribution in [2.45, 2.75) is 78.2 Å². The van der Waals surface area contributed by atoms with E-state index < -0.39 is 0 Å². The topological polar surface area (TPSA) is 105 Å². The van der Waals surface area contributed by atoms with Gasteiger partial charge in [0, 0.05) is 49.3 Å². The van der Waals surface area contributed by atoms with Crippen molar-refractivity contribution in [2.75, 3.05) is 26.2 Å². The van der Waals surface area contributed by atoms with Gasteiger partial charge >= 0.3 is 0 Å². The van der Waals surface area contributed by atoms with Gasteiger partial charge in [-0.3, -0.25) is 14.4 Å². The molecule has 1 aromatic rings. The van der Waals surface area contributed by atoms with E-state index in [1.807, 2.05) is 25.7 Å².